The molecule has 0 spiro atoms. The molecule has 0 radical (unpaired) electrons. The molecular formula is C18H14FN3O2. The van der Waals surface area contributed by atoms with E-state index in [0.717, 1.165) is 22.4 Å². The monoisotopic (exact) mass is 323 g/mol. The van der Waals surface area contributed by atoms with Crippen LogP contribution in [0.3, 0.4) is 0 Å². The first-order valence-electron chi connectivity index (χ1n) is 7.47. The highest BCUT2D eigenvalue weighted by Crippen LogP contribution is 2.36. The standard InChI is InChI=1S/C18H14FN3O2/c1-22-18(14(9-20-22)11-2-5-13(19)6-3-11)12-4-7-16-15(8-12)21-17(23)10-24-16/h2-9H,10H2,1H3,(H,21,23). The number of aromatic nitrogens is 2. The predicted octanol–water partition coefficient (Wildman–Crippen LogP) is 3.22. The number of nitrogens with one attached hydrogen (secondary N) is 1. The number of carbonyl (C=O) groups excluding carboxylic acids is 1. The van der Waals surface area contributed by atoms with Gasteiger partial charge in [0, 0.05) is 18.2 Å². The smallest absolute Gasteiger partial charge is 0.262 e. The van der Waals surface area contributed by atoms with E-state index >= 15 is 0 Å². The Hall–Kier alpha value is -3.15. The number of anilines is 1. The van der Waals surface area contributed by atoms with Gasteiger partial charge < -0.3 is 10.1 Å². The van der Waals surface area contributed by atoms with E-state index in [2.05, 4.69) is 10.4 Å². The van der Waals surface area contributed by atoms with Crippen molar-refractivity contribution in [2.75, 3.05) is 11.9 Å². The van der Waals surface area contributed by atoms with Gasteiger partial charge in [0.25, 0.3) is 5.91 Å². The van der Waals surface area contributed by atoms with E-state index in [-0.39, 0.29) is 18.3 Å². The summed E-state index contributed by atoms with van der Waals surface area (Å²) in [5.74, 6) is 0.185. The Labute approximate surface area is 137 Å². The van der Waals surface area contributed by atoms with Crippen molar-refractivity contribution in [1.29, 1.82) is 0 Å². The van der Waals surface area contributed by atoms with Crippen LogP contribution in [0.25, 0.3) is 22.4 Å². The van der Waals surface area contributed by atoms with E-state index in [0.29, 0.717) is 11.4 Å². The maximum absolute atomic E-state index is 13.2. The number of fused-ring (bicyclic) bond motifs is 1. The van der Waals surface area contributed by atoms with Crippen molar-refractivity contribution in [3.8, 4) is 28.1 Å². The molecular weight excluding hydrogens is 309 g/mol. The Morgan fingerprint density at radius 1 is 1.17 bits per heavy atom. The zero-order valence-electron chi connectivity index (χ0n) is 12.9. The molecule has 24 heavy (non-hydrogen) atoms. The Morgan fingerprint density at radius 3 is 2.71 bits per heavy atom. The normalized spacial score (nSPS) is 13.2. The highest BCUT2D eigenvalue weighted by molar-refractivity contribution is 5.96. The molecule has 5 nitrogen and oxygen atoms in total. The largest absolute Gasteiger partial charge is 0.482 e. The zero-order chi connectivity index (χ0) is 16.7. The molecule has 2 aromatic carbocycles. The summed E-state index contributed by atoms with van der Waals surface area (Å²) in [5.41, 5.74) is 4.16. The van der Waals surface area contributed by atoms with Crippen molar-refractivity contribution < 1.29 is 13.9 Å². The Bertz CT molecular complexity index is 932. The van der Waals surface area contributed by atoms with Crippen molar-refractivity contribution in [2.24, 2.45) is 7.05 Å². The lowest BCUT2D eigenvalue weighted by molar-refractivity contribution is -0.118. The maximum atomic E-state index is 13.2. The van der Waals surface area contributed by atoms with Crippen LogP contribution in [-0.4, -0.2) is 22.3 Å². The lowest BCUT2D eigenvalue weighted by Crippen LogP contribution is -2.25. The summed E-state index contributed by atoms with van der Waals surface area (Å²) in [7, 11) is 1.84. The quantitative estimate of drug-likeness (QED) is 0.788. The molecule has 4 rings (SSSR count). The molecule has 0 atom stereocenters. The molecule has 1 N–H and O–H groups in total. The van der Waals surface area contributed by atoms with E-state index in [4.69, 9.17) is 4.74 Å². The summed E-state index contributed by atoms with van der Waals surface area (Å²) in [6.45, 7) is 0.0267. The number of carbonyl (C=O) groups is 1. The lowest BCUT2D eigenvalue weighted by atomic mass is 10.0. The number of rotatable bonds is 2. The Kier molecular flexibility index (Phi) is 3.30. The Morgan fingerprint density at radius 2 is 1.92 bits per heavy atom. The predicted molar refractivity (Wildman–Crippen MR) is 88.2 cm³/mol. The summed E-state index contributed by atoms with van der Waals surface area (Å²) < 4.78 is 20.3. The van der Waals surface area contributed by atoms with Gasteiger partial charge >= 0.3 is 0 Å². The van der Waals surface area contributed by atoms with Gasteiger partial charge in [-0.15, -0.1) is 0 Å². The van der Waals surface area contributed by atoms with Crippen LogP contribution in [0.4, 0.5) is 10.1 Å². The van der Waals surface area contributed by atoms with Crippen LogP contribution in [0.5, 0.6) is 5.75 Å². The molecule has 2 heterocycles. The molecule has 3 aromatic rings. The third kappa shape index (κ3) is 2.42. The number of amides is 1. The summed E-state index contributed by atoms with van der Waals surface area (Å²) in [4.78, 5) is 11.5. The molecule has 0 unspecified atom stereocenters. The summed E-state index contributed by atoms with van der Waals surface area (Å²) in [6, 6.07) is 11.9. The van der Waals surface area contributed by atoms with Crippen LogP contribution in [0.2, 0.25) is 0 Å². The number of hydrogen-bond acceptors (Lipinski definition) is 3. The minimum absolute atomic E-state index is 0.0267. The molecule has 1 amide bonds. The number of halogens is 1. The second kappa shape index (κ2) is 5.49. The van der Waals surface area contributed by atoms with Gasteiger partial charge in [-0.25, -0.2) is 4.39 Å². The molecule has 0 aliphatic carbocycles. The third-order valence-electron chi connectivity index (χ3n) is 3.98. The van der Waals surface area contributed by atoms with Gasteiger partial charge in [-0.3, -0.25) is 9.48 Å². The first kappa shape index (κ1) is 14.4. The molecule has 1 aromatic heterocycles. The van der Waals surface area contributed by atoms with Crippen molar-refractivity contribution >= 4 is 11.6 Å². The van der Waals surface area contributed by atoms with E-state index in [1.54, 1.807) is 23.0 Å². The van der Waals surface area contributed by atoms with Crippen LogP contribution in [0.15, 0.2) is 48.7 Å². The van der Waals surface area contributed by atoms with Crippen molar-refractivity contribution in [3.63, 3.8) is 0 Å². The van der Waals surface area contributed by atoms with E-state index in [1.807, 2.05) is 25.2 Å². The minimum Gasteiger partial charge on any atom is -0.482 e. The van der Waals surface area contributed by atoms with E-state index < -0.39 is 0 Å². The summed E-state index contributed by atoms with van der Waals surface area (Å²) in [5, 5.41) is 7.13. The molecule has 0 saturated carbocycles. The summed E-state index contributed by atoms with van der Waals surface area (Å²) in [6.07, 6.45) is 1.75. The average Bonchev–Trinajstić information content (AvgIpc) is 2.96. The van der Waals surface area contributed by atoms with E-state index in [9.17, 15) is 9.18 Å². The average molecular weight is 323 g/mol. The van der Waals surface area contributed by atoms with Crippen LogP contribution < -0.4 is 10.1 Å². The maximum Gasteiger partial charge on any atom is 0.262 e. The van der Waals surface area contributed by atoms with Crippen molar-refractivity contribution in [3.05, 3.63) is 54.5 Å². The van der Waals surface area contributed by atoms with Gasteiger partial charge in [-0.2, -0.15) is 5.10 Å². The highest BCUT2D eigenvalue weighted by atomic mass is 19.1. The fourth-order valence-corrected chi connectivity index (χ4v) is 2.85. The highest BCUT2D eigenvalue weighted by Gasteiger charge is 2.19. The fraction of sp³-hybridized carbons (Fsp3) is 0.111. The molecule has 0 fully saturated rings. The van der Waals surface area contributed by atoms with Gasteiger partial charge in [-0.1, -0.05) is 12.1 Å². The Balaban J connectivity index is 1.83. The molecule has 1 aliphatic heterocycles. The minimum atomic E-state index is -0.280. The van der Waals surface area contributed by atoms with Gasteiger partial charge in [0.15, 0.2) is 6.61 Å². The second-order valence-corrected chi connectivity index (χ2v) is 5.59. The number of hydrogen-bond donors (Lipinski definition) is 1. The van der Waals surface area contributed by atoms with Gasteiger partial charge in [0.1, 0.15) is 11.6 Å². The van der Waals surface area contributed by atoms with Gasteiger partial charge in [0.05, 0.1) is 17.6 Å². The van der Waals surface area contributed by atoms with Gasteiger partial charge in [0.2, 0.25) is 0 Å². The van der Waals surface area contributed by atoms with Crippen LogP contribution in [0.1, 0.15) is 0 Å². The third-order valence-corrected chi connectivity index (χ3v) is 3.98. The first-order valence-corrected chi connectivity index (χ1v) is 7.47. The second-order valence-electron chi connectivity index (χ2n) is 5.59. The molecule has 0 bridgehead atoms. The number of nitrogens with zero attached hydrogens (tertiary/aromatic N) is 2. The van der Waals surface area contributed by atoms with Crippen molar-refractivity contribution in [1.82, 2.24) is 9.78 Å². The van der Waals surface area contributed by atoms with Crippen LogP contribution in [0, 0.1) is 5.82 Å². The van der Waals surface area contributed by atoms with Crippen molar-refractivity contribution in [2.45, 2.75) is 0 Å². The lowest BCUT2D eigenvalue weighted by Gasteiger charge is -2.19. The first-order chi connectivity index (χ1) is 11.6. The molecule has 0 saturated heterocycles. The molecule has 6 heteroatoms. The number of ether oxygens (including phenoxy) is 1. The molecule has 120 valence electrons. The van der Waals surface area contributed by atoms with Crippen LogP contribution >= 0.6 is 0 Å². The van der Waals surface area contributed by atoms with Gasteiger partial charge in [-0.05, 0) is 35.9 Å². The SMILES string of the molecule is Cn1ncc(-c2ccc(F)cc2)c1-c1ccc2c(c1)NC(=O)CO2. The number of benzene rings is 2. The summed E-state index contributed by atoms with van der Waals surface area (Å²) >= 11 is 0. The zero-order valence-corrected chi connectivity index (χ0v) is 12.9. The van der Waals surface area contributed by atoms with Crippen LogP contribution in [-0.2, 0) is 11.8 Å². The fourth-order valence-electron chi connectivity index (χ4n) is 2.85. The van der Waals surface area contributed by atoms with E-state index in [1.165, 1.54) is 12.1 Å². The molecule has 1 aliphatic rings. The number of aryl methyl sites for hydroxylation is 1. The topological polar surface area (TPSA) is 56.2 Å².